The number of imide groups is 2. The minimum atomic E-state index is -0.915. The van der Waals surface area contributed by atoms with Gasteiger partial charge in [-0.25, -0.2) is 15.0 Å². The van der Waals surface area contributed by atoms with E-state index < -0.39 is 53.5 Å². The predicted octanol–water partition coefficient (Wildman–Crippen LogP) is 1.45. The number of ether oxygens (including phenoxy) is 11. The quantitative estimate of drug-likeness (QED) is 0.0217. The van der Waals surface area contributed by atoms with Crippen molar-refractivity contribution in [2.45, 2.75) is 86.2 Å². The highest BCUT2D eigenvalue weighted by Gasteiger charge is 2.48. The molecule has 0 radical (unpaired) electrons. The maximum Gasteiger partial charge on any atom is 0.305 e. The van der Waals surface area contributed by atoms with Crippen molar-refractivity contribution in [2.24, 2.45) is 26.8 Å². The van der Waals surface area contributed by atoms with E-state index in [1.165, 1.54) is 30.9 Å². The first-order chi connectivity index (χ1) is 50.9. The average molecular weight is 1470 g/mol. The molecule has 4 atom stereocenters. The molecule has 576 valence electrons. The van der Waals surface area contributed by atoms with Crippen molar-refractivity contribution in [1.29, 1.82) is 0 Å². The summed E-state index contributed by atoms with van der Waals surface area (Å²) in [5.74, 6) is -4.16. The first-order valence-corrected chi connectivity index (χ1v) is 36.1. The zero-order chi connectivity index (χ0) is 75.0. The highest BCUT2D eigenvalue weighted by Crippen LogP contribution is 2.44. The Hall–Kier alpha value is -8.09. The van der Waals surface area contributed by atoms with Crippen molar-refractivity contribution >= 4 is 64.5 Å². The van der Waals surface area contributed by atoms with Gasteiger partial charge < -0.3 is 78.5 Å². The van der Waals surface area contributed by atoms with Crippen molar-refractivity contribution in [1.82, 2.24) is 41.4 Å². The van der Waals surface area contributed by atoms with Crippen LogP contribution >= 0.6 is 0 Å². The number of aliphatic hydroxyl groups excluding tert-OH is 1. The van der Waals surface area contributed by atoms with Crippen LogP contribution in [-0.4, -0.2) is 288 Å². The zero-order valence-corrected chi connectivity index (χ0v) is 61.4. The zero-order valence-electron chi connectivity index (χ0n) is 61.4. The number of allylic oxidation sites excluding steroid dienone is 10. The Labute approximate surface area is 612 Å². The Balaban J connectivity index is 0.701. The number of likely N-dealkylation sites (tertiary alicyclic amines) is 1. The van der Waals surface area contributed by atoms with Crippen LogP contribution in [-0.2, 0) is 95.3 Å². The second-order valence-electron chi connectivity index (χ2n) is 25.3. The lowest BCUT2D eigenvalue weighted by atomic mass is 9.83. The number of piperidine rings is 1. The molecule has 0 saturated carbocycles. The smallest absolute Gasteiger partial charge is 0.305 e. The molecule has 0 aromatic carbocycles. The number of rotatable bonds is 48. The lowest BCUT2D eigenvalue weighted by Crippen LogP contribution is -2.52. The molecule has 0 aliphatic carbocycles. The number of aliphatic hydroxyl groups is 1. The average Bonchev–Trinajstić information content (AvgIpc) is 1.61. The maximum atomic E-state index is 15.1. The van der Waals surface area contributed by atoms with Gasteiger partial charge in [-0.3, -0.25) is 63.4 Å². The normalized spacial score (nSPS) is 19.7. The number of hydrogen-bond acceptors (Lipinski definition) is 27. The third kappa shape index (κ3) is 24.5. The van der Waals surface area contributed by atoms with E-state index >= 15 is 4.79 Å². The van der Waals surface area contributed by atoms with E-state index in [1.807, 2.05) is 45.9 Å². The molecule has 105 heavy (non-hydrogen) atoms. The summed E-state index contributed by atoms with van der Waals surface area (Å²) in [5, 5.41) is 21.0. The number of hydrogen-bond donors (Lipinski definition) is 6. The molecule has 0 aromatic heterocycles. The third-order valence-electron chi connectivity index (χ3n) is 18.2. The first kappa shape index (κ1) is 82.6. The van der Waals surface area contributed by atoms with Crippen LogP contribution in [0, 0.1) is 11.8 Å². The number of morpholine rings is 1. The summed E-state index contributed by atoms with van der Waals surface area (Å²) in [6.07, 6.45) is 10.9. The highest BCUT2D eigenvalue weighted by atomic mass is 16.7. The van der Waals surface area contributed by atoms with Gasteiger partial charge in [-0.05, 0) is 88.0 Å². The summed E-state index contributed by atoms with van der Waals surface area (Å²) in [5.41, 5.74) is 12.3. The van der Waals surface area contributed by atoms with Crippen LogP contribution in [0.4, 0.5) is 0 Å². The van der Waals surface area contributed by atoms with Crippen molar-refractivity contribution < 1.29 is 100 Å². The van der Waals surface area contributed by atoms with Crippen LogP contribution in [0.3, 0.4) is 0 Å². The van der Waals surface area contributed by atoms with Crippen LogP contribution < -0.4 is 26.7 Å². The Morgan fingerprint density at radius 1 is 0.619 bits per heavy atom. The summed E-state index contributed by atoms with van der Waals surface area (Å²) < 4.78 is 60.4. The van der Waals surface area contributed by atoms with Crippen molar-refractivity contribution in [2.75, 3.05) is 191 Å². The monoisotopic (exact) mass is 1470 g/mol. The number of carbonyl (C=O) groups excluding carboxylic acids is 8. The molecule has 7 amide bonds. The Morgan fingerprint density at radius 3 is 1.80 bits per heavy atom. The summed E-state index contributed by atoms with van der Waals surface area (Å²) in [4.78, 5) is 130. The number of aliphatic imine (C=N–C) groups is 3. The molecule has 32 nitrogen and oxygen atoms in total. The molecule has 8 aliphatic heterocycles. The molecule has 0 spiro atoms. The van der Waals surface area contributed by atoms with Gasteiger partial charge in [0.1, 0.15) is 18.7 Å². The van der Waals surface area contributed by atoms with E-state index in [-0.39, 0.29) is 121 Å². The van der Waals surface area contributed by atoms with Gasteiger partial charge >= 0.3 is 5.97 Å². The summed E-state index contributed by atoms with van der Waals surface area (Å²) >= 11 is 0. The molecule has 8 rings (SSSR count). The number of amides is 7. The summed E-state index contributed by atoms with van der Waals surface area (Å²) in [6.45, 7) is 21.9. The molecule has 3 saturated heterocycles. The van der Waals surface area contributed by atoms with Crippen molar-refractivity contribution in [3.8, 4) is 0 Å². The predicted molar refractivity (Wildman–Crippen MR) is 382 cm³/mol. The number of nitrogens with one attached hydrogen (secondary N) is 5. The largest absolute Gasteiger partial charge is 0.463 e. The standard InChI is InChI=1S/C73H103N11O21/c1-8-53-47(2)57-44-61-55(49(4)56(79-61)43-58-48(3)54(9-12-65(89)104-26-20-85)68(80-58)67-69-66(50(5)59(81-69)45-60(53)78-57)72(92)84(73(67)93)16-15-82-17-23-96-24-18-82)46-75-105-42-41-95-22-14-74-70(90)51(6)77-71(91)52(7)76-62(86)13-21-94-27-29-98-31-33-100-35-37-102-39-40-103-38-36-101-34-32-99-30-28-97-25-19-83-63(87)10-11-64(83)88/h10-11,43-46,48,51-52,54,75,80,85H,8-9,12-42H2,1-7H3,(H,74,90)(H,76,86)(H,77,91)/t48-,51-,52-,54-/m0/s1. The molecule has 6 N–H and O–H groups in total. The Bertz CT molecular complexity index is 3490. The van der Waals surface area contributed by atoms with E-state index in [4.69, 9.17) is 71.9 Å². The van der Waals surface area contributed by atoms with Crippen LogP contribution in [0.25, 0.3) is 0 Å². The lowest BCUT2D eigenvalue weighted by molar-refractivity contribution is -0.145. The molecule has 0 aromatic rings. The molecule has 8 heterocycles. The molecule has 0 unspecified atom stereocenters. The topological polar surface area (TPSA) is 374 Å². The number of carbonyl (C=O) groups is 8. The van der Waals surface area contributed by atoms with Crippen LogP contribution in [0.15, 0.2) is 119 Å². The fourth-order valence-electron chi connectivity index (χ4n) is 12.2. The van der Waals surface area contributed by atoms with E-state index in [0.717, 1.165) is 32.9 Å². The van der Waals surface area contributed by atoms with Gasteiger partial charge in [-0.15, -0.1) is 0 Å². The van der Waals surface area contributed by atoms with Gasteiger partial charge in [0.15, 0.2) is 0 Å². The van der Waals surface area contributed by atoms with Gasteiger partial charge in [0.25, 0.3) is 23.6 Å². The molecular weight excluding hydrogens is 1370 g/mol. The van der Waals surface area contributed by atoms with Gasteiger partial charge in [-0.1, -0.05) is 13.8 Å². The van der Waals surface area contributed by atoms with E-state index in [9.17, 15) is 38.7 Å². The molecule has 32 heteroatoms. The number of hydroxylamine groups is 1. The SMILES string of the molecule is CCC1=C(C)C2=CC3=NC(=C(C)C3=CNOCCOCCNC(=O)[C@H](C)NC(=O)[C@H](C)NC(=O)CCOCCOCCOCCOCCOCCOCCOCCOCCN3C(=O)C=CC3=O)C=C3NC(=C4C(=O)N(CCN5CCOCC5)C(=O)C5=C(C)C(=CC1=N2)N=C54)[C@@H](CCC(=O)OCCO)[C@@H]3C. The third-order valence-corrected chi connectivity index (χ3v) is 18.2. The van der Waals surface area contributed by atoms with Gasteiger partial charge in [0.2, 0.25) is 17.7 Å². The molecule has 8 bridgehead atoms. The van der Waals surface area contributed by atoms with Crippen LogP contribution in [0.5, 0.6) is 0 Å². The van der Waals surface area contributed by atoms with E-state index in [2.05, 4.69) is 38.6 Å². The summed E-state index contributed by atoms with van der Waals surface area (Å²) in [7, 11) is 0. The minimum absolute atomic E-state index is 0.00205. The van der Waals surface area contributed by atoms with Crippen molar-refractivity contribution in [3.05, 3.63) is 104 Å². The second-order valence-corrected chi connectivity index (χ2v) is 25.3. The number of esters is 1. The Morgan fingerprint density at radius 2 is 1.18 bits per heavy atom. The second kappa shape index (κ2) is 43.5. The first-order valence-electron chi connectivity index (χ1n) is 36.1. The van der Waals surface area contributed by atoms with E-state index in [0.29, 0.717) is 171 Å². The number of fused-ring (bicyclic) bond motifs is 5. The lowest BCUT2D eigenvalue weighted by Gasteiger charge is -2.33. The molecule has 8 aliphatic rings. The van der Waals surface area contributed by atoms with Gasteiger partial charge in [-0.2, -0.15) is 0 Å². The van der Waals surface area contributed by atoms with Gasteiger partial charge in [0.05, 0.1) is 197 Å². The highest BCUT2D eigenvalue weighted by molar-refractivity contribution is 6.45. The van der Waals surface area contributed by atoms with E-state index in [1.54, 1.807) is 6.20 Å². The minimum Gasteiger partial charge on any atom is -0.463 e. The fourth-order valence-corrected chi connectivity index (χ4v) is 12.2. The van der Waals surface area contributed by atoms with Crippen LogP contribution in [0.1, 0.15) is 74.1 Å². The van der Waals surface area contributed by atoms with Crippen molar-refractivity contribution in [3.63, 3.8) is 0 Å². The fraction of sp³-hybridized carbons (Fsp3) is 0.603. The van der Waals surface area contributed by atoms with Gasteiger partial charge in [0, 0.05) is 92.7 Å². The Kier molecular flexibility index (Phi) is 34.2. The maximum absolute atomic E-state index is 15.1. The molecular formula is C73H103N11O21. The summed E-state index contributed by atoms with van der Waals surface area (Å²) in [6, 6.07) is -1.82. The van der Waals surface area contributed by atoms with Crippen LogP contribution in [0.2, 0.25) is 0 Å². The number of nitrogens with zero attached hydrogens (tertiary/aromatic N) is 6. The molecule has 3 fully saturated rings.